The van der Waals surface area contributed by atoms with E-state index in [4.69, 9.17) is 5.73 Å². The summed E-state index contributed by atoms with van der Waals surface area (Å²) in [7, 11) is 2.16. The van der Waals surface area contributed by atoms with E-state index in [1.807, 2.05) is 0 Å². The predicted octanol–water partition coefficient (Wildman–Crippen LogP) is 4.19. The molecule has 0 spiro atoms. The zero-order chi connectivity index (χ0) is 16.4. The summed E-state index contributed by atoms with van der Waals surface area (Å²) >= 11 is 0. The molecular formula is C21H38N2. The summed E-state index contributed by atoms with van der Waals surface area (Å²) in [5.74, 6) is 4.55. The van der Waals surface area contributed by atoms with Gasteiger partial charge in [0.15, 0.2) is 0 Å². The molecule has 0 aliphatic heterocycles. The quantitative estimate of drug-likeness (QED) is 0.761. The summed E-state index contributed by atoms with van der Waals surface area (Å²) in [5.41, 5.74) is 7.74. The molecule has 0 aromatic heterocycles. The van der Waals surface area contributed by atoms with Crippen LogP contribution in [0.3, 0.4) is 0 Å². The van der Waals surface area contributed by atoms with E-state index in [1.165, 1.54) is 51.4 Å². The van der Waals surface area contributed by atoms with E-state index in [1.54, 1.807) is 0 Å². The van der Waals surface area contributed by atoms with E-state index < -0.39 is 0 Å². The molecule has 0 amide bonds. The van der Waals surface area contributed by atoms with E-state index in [2.05, 4.69) is 33.1 Å². The monoisotopic (exact) mass is 318 g/mol. The Morgan fingerprint density at radius 2 is 1.65 bits per heavy atom. The molecule has 9 unspecified atom stereocenters. The Labute approximate surface area is 143 Å². The van der Waals surface area contributed by atoms with Crippen LogP contribution in [0.4, 0.5) is 0 Å². The molecule has 9 atom stereocenters. The molecule has 2 nitrogen and oxygen atoms in total. The van der Waals surface area contributed by atoms with Crippen molar-refractivity contribution in [3.8, 4) is 0 Å². The van der Waals surface area contributed by atoms with Gasteiger partial charge in [0.1, 0.15) is 0 Å². The fourth-order valence-electron chi connectivity index (χ4n) is 7.92. The van der Waals surface area contributed by atoms with Crippen LogP contribution >= 0.6 is 0 Å². The van der Waals surface area contributed by atoms with Gasteiger partial charge >= 0.3 is 0 Å². The molecule has 0 heterocycles. The second-order valence-corrected chi connectivity index (χ2v) is 10.2. The Hall–Kier alpha value is -0.0800. The van der Waals surface area contributed by atoms with Crippen LogP contribution < -0.4 is 11.1 Å². The van der Waals surface area contributed by atoms with Gasteiger partial charge in [-0.25, -0.2) is 0 Å². The molecule has 4 rings (SSSR count). The second kappa shape index (κ2) is 5.46. The Morgan fingerprint density at radius 3 is 2.39 bits per heavy atom. The largest absolute Gasteiger partial charge is 0.327 e. The second-order valence-electron chi connectivity index (χ2n) is 10.2. The van der Waals surface area contributed by atoms with Crippen molar-refractivity contribution in [2.75, 3.05) is 7.05 Å². The summed E-state index contributed by atoms with van der Waals surface area (Å²) in [6.45, 7) is 7.62. The Morgan fingerprint density at radius 1 is 0.913 bits per heavy atom. The third kappa shape index (κ3) is 2.20. The van der Waals surface area contributed by atoms with E-state index in [0.29, 0.717) is 16.9 Å². The number of nitrogens with two attached hydrogens (primary N) is 1. The fourth-order valence-corrected chi connectivity index (χ4v) is 7.92. The average molecular weight is 319 g/mol. The van der Waals surface area contributed by atoms with Crippen LogP contribution in [-0.2, 0) is 0 Å². The molecule has 0 saturated heterocycles. The van der Waals surface area contributed by atoms with Gasteiger partial charge in [-0.15, -0.1) is 0 Å². The van der Waals surface area contributed by atoms with Gasteiger partial charge in [0.2, 0.25) is 0 Å². The Bertz CT molecular complexity index is 463. The van der Waals surface area contributed by atoms with Crippen molar-refractivity contribution in [1.82, 2.24) is 5.32 Å². The normalized spacial score (nSPS) is 59.1. The topological polar surface area (TPSA) is 38.0 Å². The maximum absolute atomic E-state index is 6.68. The van der Waals surface area contributed by atoms with Crippen molar-refractivity contribution in [2.45, 2.75) is 84.2 Å². The first-order valence-electron chi connectivity index (χ1n) is 10.3. The van der Waals surface area contributed by atoms with Crippen LogP contribution in [0.2, 0.25) is 0 Å². The van der Waals surface area contributed by atoms with Crippen LogP contribution in [0.1, 0.15) is 72.1 Å². The maximum Gasteiger partial charge on any atom is 0.0122 e. The molecule has 0 aromatic carbocycles. The highest BCUT2D eigenvalue weighted by molar-refractivity contribution is 5.11. The summed E-state index contributed by atoms with van der Waals surface area (Å²) in [6.07, 6.45) is 11.5. The average Bonchev–Trinajstić information content (AvgIpc) is 2.78. The zero-order valence-electron chi connectivity index (χ0n) is 15.8. The molecule has 3 N–H and O–H groups in total. The molecule has 0 bridgehead atoms. The van der Waals surface area contributed by atoms with Gasteiger partial charge in [-0.1, -0.05) is 20.8 Å². The van der Waals surface area contributed by atoms with Crippen LogP contribution in [0.15, 0.2) is 0 Å². The fraction of sp³-hybridized carbons (Fsp3) is 1.00. The Balaban J connectivity index is 1.60. The lowest BCUT2D eigenvalue weighted by Gasteiger charge is -2.61. The van der Waals surface area contributed by atoms with Gasteiger partial charge in [-0.3, -0.25) is 0 Å². The SMILES string of the molecule is CNC1CCC2(C)C(CCC3C2CCC2(C)C(N)C(C)CC32)C1. The van der Waals surface area contributed by atoms with Gasteiger partial charge < -0.3 is 11.1 Å². The summed E-state index contributed by atoms with van der Waals surface area (Å²) in [6, 6.07) is 1.22. The smallest absolute Gasteiger partial charge is 0.0122 e. The number of hydrogen-bond acceptors (Lipinski definition) is 2. The van der Waals surface area contributed by atoms with Crippen LogP contribution in [0, 0.1) is 40.4 Å². The number of hydrogen-bond donors (Lipinski definition) is 2. The van der Waals surface area contributed by atoms with Crippen LogP contribution in [0.5, 0.6) is 0 Å². The standard InChI is InChI=1S/C21H38N2/c1-13-11-18-16-6-5-14-12-15(23-4)7-9-20(14,2)17(16)8-10-21(18,3)19(13)22/h13-19,23H,5-12,22H2,1-4H3. The lowest BCUT2D eigenvalue weighted by atomic mass is 9.45. The van der Waals surface area contributed by atoms with Crippen molar-refractivity contribution < 1.29 is 0 Å². The summed E-state index contributed by atoms with van der Waals surface area (Å²) in [4.78, 5) is 0. The minimum Gasteiger partial charge on any atom is -0.327 e. The van der Waals surface area contributed by atoms with Gasteiger partial charge in [0, 0.05) is 12.1 Å². The molecule has 4 aliphatic carbocycles. The van der Waals surface area contributed by atoms with Gasteiger partial charge in [-0.2, -0.15) is 0 Å². The highest BCUT2D eigenvalue weighted by Gasteiger charge is 2.60. The molecule has 132 valence electrons. The van der Waals surface area contributed by atoms with Gasteiger partial charge in [-0.05, 0) is 98.8 Å². The first-order valence-corrected chi connectivity index (χ1v) is 10.3. The highest BCUT2D eigenvalue weighted by Crippen LogP contribution is 2.66. The minimum atomic E-state index is 0.436. The molecule has 4 aliphatic rings. The lowest BCUT2D eigenvalue weighted by Crippen LogP contribution is -2.56. The van der Waals surface area contributed by atoms with Crippen molar-refractivity contribution in [2.24, 2.45) is 46.2 Å². The van der Waals surface area contributed by atoms with Crippen LogP contribution in [0.25, 0.3) is 0 Å². The number of rotatable bonds is 1. The van der Waals surface area contributed by atoms with Crippen molar-refractivity contribution in [1.29, 1.82) is 0 Å². The summed E-state index contributed by atoms with van der Waals surface area (Å²) < 4.78 is 0. The zero-order valence-corrected chi connectivity index (χ0v) is 15.8. The van der Waals surface area contributed by atoms with E-state index in [0.717, 1.165) is 35.6 Å². The molecule has 0 aromatic rings. The van der Waals surface area contributed by atoms with Crippen molar-refractivity contribution in [3.05, 3.63) is 0 Å². The van der Waals surface area contributed by atoms with Crippen molar-refractivity contribution in [3.63, 3.8) is 0 Å². The predicted molar refractivity (Wildman–Crippen MR) is 97.1 cm³/mol. The third-order valence-corrected chi connectivity index (χ3v) is 9.51. The minimum absolute atomic E-state index is 0.436. The number of nitrogens with one attached hydrogen (secondary N) is 1. The van der Waals surface area contributed by atoms with E-state index >= 15 is 0 Å². The first kappa shape index (κ1) is 16.4. The summed E-state index contributed by atoms with van der Waals surface area (Å²) in [5, 5.41) is 3.56. The first-order chi connectivity index (χ1) is 10.9. The van der Waals surface area contributed by atoms with Gasteiger partial charge in [0.25, 0.3) is 0 Å². The molecule has 2 heteroatoms. The lowest BCUT2D eigenvalue weighted by molar-refractivity contribution is -0.109. The molecule has 23 heavy (non-hydrogen) atoms. The maximum atomic E-state index is 6.68. The molecule has 4 saturated carbocycles. The molecular weight excluding hydrogens is 280 g/mol. The molecule has 0 radical (unpaired) electrons. The third-order valence-electron chi connectivity index (χ3n) is 9.51. The van der Waals surface area contributed by atoms with E-state index in [9.17, 15) is 0 Å². The Kier molecular flexibility index (Phi) is 3.89. The van der Waals surface area contributed by atoms with Crippen LogP contribution in [-0.4, -0.2) is 19.1 Å². The van der Waals surface area contributed by atoms with Crippen molar-refractivity contribution >= 4 is 0 Å². The van der Waals surface area contributed by atoms with E-state index in [-0.39, 0.29) is 0 Å². The molecule has 4 fully saturated rings. The number of fused-ring (bicyclic) bond motifs is 5. The highest BCUT2D eigenvalue weighted by atomic mass is 14.9. The van der Waals surface area contributed by atoms with Gasteiger partial charge in [0.05, 0.1) is 0 Å².